The minimum absolute atomic E-state index is 0.00943. The van der Waals surface area contributed by atoms with Crippen LogP contribution in [0.1, 0.15) is 135 Å². The Hall–Kier alpha value is -4.18. The maximum Gasteiger partial charge on any atom is 0.303 e. The van der Waals surface area contributed by atoms with Gasteiger partial charge in [0.1, 0.15) is 11.9 Å². The highest BCUT2D eigenvalue weighted by molar-refractivity contribution is 5.90. The monoisotopic (exact) mass is 886 g/mol. The second-order valence-electron chi connectivity index (χ2n) is 20.7. The zero-order valence-electron chi connectivity index (χ0n) is 39.0. The third-order valence-electron chi connectivity index (χ3n) is 15.8. The fraction of sp³-hybridized carbons (Fsp3) is 0.787. The molecule has 0 N–H and O–H groups in total. The van der Waals surface area contributed by atoms with Gasteiger partial charge >= 0.3 is 35.8 Å². The molecule has 6 aliphatic rings. The van der Waals surface area contributed by atoms with Crippen LogP contribution in [0, 0.1) is 44.8 Å². The first-order valence-corrected chi connectivity index (χ1v) is 22.2. The first kappa shape index (κ1) is 48.3. The predicted molar refractivity (Wildman–Crippen MR) is 220 cm³/mol. The van der Waals surface area contributed by atoms with E-state index in [1.807, 2.05) is 6.92 Å². The second-order valence-corrected chi connectivity index (χ2v) is 20.7. The number of carbonyl (C=O) groups is 8. The van der Waals surface area contributed by atoms with E-state index < -0.39 is 124 Å². The number of hydrogen-bond donors (Lipinski definition) is 0. The van der Waals surface area contributed by atoms with Crippen molar-refractivity contribution in [2.75, 3.05) is 6.61 Å². The summed E-state index contributed by atoms with van der Waals surface area (Å²) < 4.78 is 46.8. The van der Waals surface area contributed by atoms with Gasteiger partial charge in [-0.2, -0.15) is 0 Å². The van der Waals surface area contributed by atoms with Crippen LogP contribution in [0.3, 0.4) is 0 Å². The molecule has 6 rings (SSSR count). The third kappa shape index (κ3) is 8.13. The standard InChI is InChI=1S/C47H66O16/c1-23(18-30(54)40(61-28(6)52)43(10,11)63-29(7)53)37-31(55)19-44(12)34-15-14-33-42(8,9)35(16-17-46(33)22-47(34,46)36(58-25(3)49)20-45(37,44)13)62-41-39(60-27(5)51)38(59-26(4)50)32(21-56-41)57-24(2)48/h15,23,32-33,35-41H,14,16-22H2,1-13H3/t23-,32-,33?,35+,36+,37+,38+,39-,40+,41+,44+,45-,46-,47+/m1/s1. The zero-order valence-corrected chi connectivity index (χ0v) is 39.0. The van der Waals surface area contributed by atoms with E-state index in [1.54, 1.807) is 0 Å². The number of allylic oxidation sites excluding steroid dienone is 1. The molecule has 0 aromatic carbocycles. The van der Waals surface area contributed by atoms with Crippen LogP contribution in [0.15, 0.2) is 11.6 Å². The Kier molecular flexibility index (Phi) is 12.8. The Morgan fingerprint density at radius 1 is 0.810 bits per heavy atom. The van der Waals surface area contributed by atoms with Gasteiger partial charge in [0, 0.05) is 71.1 Å². The summed E-state index contributed by atoms with van der Waals surface area (Å²) >= 11 is 0. The van der Waals surface area contributed by atoms with Gasteiger partial charge < -0.3 is 37.9 Å². The molecule has 0 radical (unpaired) electrons. The summed E-state index contributed by atoms with van der Waals surface area (Å²) in [5.74, 6) is -5.27. The normalized spacial score (nSPS) is 38.4. The van der Waals surface area contributed by atoms with E-state index in [2.05, 4.69) is 33.8 Å². The number of esters is 6. The summed E-state index contributed by atoms with van der Waals surface area (Å²) in [6.45, 7) is 20.6. The lowest BCUT2D eigenvalue weighted by Gasteiger charge is -2.61. The molecule has 16 heteroatoms. The van der Waals surface area contributed by atoms with Crippen LogP contribution in [-0.4, -0.2) is 103 Å². The van der Waals surface area contributed by atoms with Gasteiger partial charge in [0.05, 0.1) is 12.7 Å². The largest absolute Gasteiger partial charge is 0.462 e. The number of hydrogen-bond acceptors (Lipinski definition) is 16. The molecule has 1 unspecified atom stereocenters. The number of carbonyl (C=O) groups excluding carboxylic acids is 8. The van der Waals surface area contributed by atoms with Gasteiger partial charge in [-0.25, -0.2) is 0 Å². The molecule has 14 atom stereocenters. The van der Waals surface area contributed by atoms with E-state index >= 15 is 0 Å². The first-order valence-electron chi connectivity index (χ1n) is 22.2. The molecule has 4 saturated carbocycles. The second kappa shape index (κ2) is 16.7. The Labute approximate surface area is 369 Å². The van der Waals surface area contributed by atoms with E-state index in [0.29, 0.717) is 25.7 Å². The van der Waals surface area contributed by atoms with Gasteiger partial charge in [-0.3, -0.25) is 38.4 Å². The fourth-order valence-corrected chi connectivity index (χ4v) is 13.6. The fourth-order valence-electron chi connectivity index (χ4n) is 13.6. The highest BCUT2D eigenvalue weighted by atomic mass is 16.7. The Morgan fingerprint density at radius 2 is 1.41 bits per heavy atom. The van der Waals surface area contributed by atoms with E-state index in [4.69, 9.17) is 37.9 Å². The lowest BCUT2D eigenvalue weighted by Crippen LogP contribution is -2.61. The molecule has 0 aromatic rings. The molecule has 63 heavy (non-hydrogen) atoms. The minimum atomic E-state index is -1.46. The van der Waals surface area contributed by atoms with Crippen molar-refractivity contribution in [3.05, 3.63) is 11.6 Å². The molecule has 350 valence electrons. The van der Waals surface area contributed by atoms with Gasteiger partial charge in [0.2, 0.25) is 0 Å². The number of Topliss-reactive ketones (excluding diaryl/α,β-unsaturated/α-hetero) is 2. The maximum absolute atomic E-state index is 14.5. The Morgan fingerprint density at radius 3 is 1.98 bits per heavy atom. The lowest BCUT2D eigenvalue weighted by atomic mass is 9.44. The molecule has 16 nitrogen and oxygen atoms in total. The van der Waals surface area contributed by atoms with Gasteiger partial charge in [0.25, 0.3) is 0 Å². The smallest absolute Gasteiger partial charge is 0.303 e. The van der Waals surface area contributed by atoms with Crippen LogP contribution in [0.4, 0.5) is 0 Å². The van der Waals surface area contributed by atoms with Crippen LogP contribution in [-0.2, 0) is 76.3 Å². The van der Waals surface area contributed by atoms with Crippen molar-refractivity contribution in [1.29, 1.82) is 0 Å². The summed E-state index contributed by atoms with van der Waals surface area (Å²) in [6.07, 6.45) is -1.58. The summed E-state index contributed by atoms with van der Waals surface area (Å²) in [6, 6.07) is 0. The quantitative estimate of drug-likeness (QED) is 0.127. The van der Waals surface area contributed by atoms with Crippen molar-refractivity contribution in [3.8, 4) is 0 Å². The molecule has 5 fully saturated rings. The van der Waals surface area contributed by atoms with Crippen LogP contribution in [0.5, 0.6) is 0 Å². The topological polar surface area (TPSA) is 210 Å². The lowest BCUT2D eigenvalue weighted by molar-refractivity contribution is -0.306. The molecule has 1 heterocycles. The van der Waals surface area contributed by atoms with Crippen LogP contribution in [0.2, 0.25) is 0 Å². The average Bonchev–Trinajstić information content (AvgIpc) is 3.76. The van der Waals surface area contributed by atoms with Crippen molar-refractivity contribution >= 4 is 47.4 Å². The van der Waals surface area contributed by atoms with Gasteiger partial charge in [-0.05, 0) is 74.0 Å². The van der Waals surface area contributed by atoms with Crippen molar-refractivity contribution in [2.24, 2.45) is 44.8 Å². The third-order valence-corrected chi connectivity index (χ3v) is 15.8. The van der Waals surface area contributed by atoms with Gasteiger partial charge in [-0.15, -0.1) is 0 Å². The van der Waals surface area contributed by atoms with Crippen LogP contribution < -0.4 is 0 Å². The van der Waals surface area contributed by atoms with Crippen molar-refractivity contribution in [1.82, 2.24) is 0 Å². The molecule has 0 amide bonds. The number of ketones is 2. The van der Waals surface area contributed by atoms with Crippen molar-refractivity contribution in [2.45, 2.75) is 183 Å². The van der Waals surface area contributed by atoms with Crippen molar-refractivity contribution < 1.29 is 76.3 Å². The summed E-state index contributed by atoms with van der Waals surface area (Å²) in [7, 11) is 0. The molecular formula is C47H66O16. The SMILES string of the molecule is CC(=O)O[C@@H]1[C@@H](OC(C)=O)[C@H](O[C@H]2CC[C@]34C[C@@]35C(=CCC4C2(C)C)[C@]2(C)CC(=O)[C@H]([C@H](C)CC(=O)[C@H](OC(C)=O)C(C)(C)OC(C)=O)[C@@]2(C)C[C@@H]5OC(C)=O)OC[C@H]1OC(C)=O. The first-order chi connectivity index (χ1) is 29.1. The molecule has 0 bridgehead atoms. The van der Waals surface area contributed by atoms with E-state index in [1.165, 1.54) is 55.4 Å². The Bertz CT molecular complexity index is 1970. The van der Waals surface area contributed by atoms with Crippen LogP contribution >= 0.6 is 0 Å². The molecule has 1 aliphatic heterocycles. The molecular weight excluding hydrogens is 821 g/mol. The summed E-state index contributed by atoms with van der Waals surface area (Å²) in [5, 5.41) is 0. The number of rotatable bonds is 13. The van der Waals surface area contributed by atoms with E-state index in [0.717, 1.165) is 12.0 Å². The highest BCUT2D eigenvalue weighted by Gasteiger charge is 2.85. The minimum Gasteiger partial charge on any atom is -0.462 e. The van der Waals surface area contributed by atoms with Crippen LogP contribution in [0.25, 0.3) is 0 Å². The predicted octanol–water partition coefficient (Wildman–Crippen LogP) is 5.47. The van der Waals surface area contributed by atoms with E-state index in [9.17, 15) is 38.4 Å². The summed E-state index contributed by atoms with van der Waals surface area (Å²) in [4.78, 5) is 102. The highest BCUT2D eigenvalue weighted by Crippen LogP contribution is 2.88. The van der Waals surface area contributed by atoms with E-state index in [-0.39, 0.29) is 36.6 Å². The molecule has 0 aromatic heterocycles. The Balaban J connectivity index is 1.31. The molecule has 1 saturated heterocycles. The number of ether oxygens (including phenoxy) is 8. The molecule has 2 spiro atoms. The summed E-state index contributed by atoms with van der Waals surface area (Å²) in [5.41, 5.74) is -3.10. The average molecular weight is 887 g/mol. The van der Waals surface area contributed by atoms with Gasteiger partial charge in [-0.1, -0.05) is 46.3 Å². The maximum atomic E-state index is 14.5. The zero-order chi connectivity index (χ0) is 47.0. The van der Waals surface area contributed by atoms with Gasteiger partial charge in [0.15, 0.2) is 42.1 Å². The molecule has 5 aliphatic carbocycles. The van der Waals surface area contributed by atoms with Crippen molar-refractivity contribution in [3.63, 3.8) is 0 Å². The number of fused-ring (bicyclic) bond motifs is 2.